The molecule has 0 bridgehead atoms. The Labute approximate surface area is 146 Å². The first kappa shape index (κ1) is 17.8. The van der Waals surface area contributed by atoms with Crippen molar-refractivity contribution in [1.82, 2.24) is 5.32 Å². The molecule has 5 nitrogen and oxygen atoms in total. The number of aryl methyl sites for hydroxylation is 1. The van der Waals surface area contributed by atoms with Gasteiger partial charge in [-0.15, -0.1) is 0 Å². The number of amides is 2. The van der Waals surface area contributed by atoms with E-state index >= 15 is 0 Å². The van der Waals surface area contributed by atoms with Crippen LogP contribution in [0, 0.1) is 6.92 Å². The van der Waals surface area contributed by atoms with Crippen molar-refractivity contribution in [3.05, 3.63) is 58.6 Å². The minimum atomic E-state index is -0.312. The molecule has 0 heterocycles. The van der Waals surface area contributed by atoms with Crippen molar-refractivity contribution < 1.29 is 14.3 Å². The normalized spacial score (nSPS) is 10.1. The Balaban J connectivity index is 1.88. The molecule has 2 aromatic carbocycles. The Kier molecular flexibility index (Phi) is 6.21. The van der Waals surface area contributed by atoms with Crippen LogP contribution in [0.4, 0.5) is 5.69 Å². The Morgan fingerprint density at radius 3 is 2.46 bits per heavy atom. The molecule has 0 atom stereocenters. The SMILES string of the molecule is CCNC(=O)c1ccc(OCC(=O)Nc2ccc(C)cc2Cl)cc1. The molecule has 2 rings (SSSR count). The van der Waals surface area contributed by atoms with E-state index in [9.17, 15) is 9.59 Å². The van der Waals surface area contributed by atoms with Gasteiger partial charge in [0.1, 0.15) is 5.75 Å². The standard InChI is InChI=1S/C18H19ClN2O3/c1-3-20-18(23)13-5-7-14(8-6-13)24-11-17(22)21-16-9-4-12(2)10-15(16)19/h4-10H,3,11H2,1-2H3,(H,20,23)(H,21,22). The molecule has 0 saturated carbocycles. The maximum absolute atomic E-state index is 11.9. The second-order valence-electron chi connectivity index (χ2n) is 5.20. The predicted octanol–water partition coefficient (Wildman–Crippen LogP) is 3.42. The Morgan fingerprint density at radius 2 is 1.83 bits per heavy atom. The van der Waals surface area contributed by atoms with Gasteiger partial charge in [0.15, 0.2) is 6.61 Å². The second-order valence-corrected chi connectivity index (χ2v) is 5.61. The number of ether oxygens (including phenoxy) is 1. The fourth-order valence-electron chi connectivity index (χ4n) is 2.02. The lowest BCUT2D eigenvalue weighted by Crippen LogP contribution is -2.22. The van der Waals surface area contributed by atoms with Gasteiger partial charge < -0.3 is 15.4 Å². The second kappa shape index (κ2) is 8.36. The van der Waals surface area contributed by atoms with Crippen LogP contribution in [0.2, 0.25) is 5.02 Å². The van der Waals surface area contributed by atoms with Crippen molar-refractivity contribution >= 4 is 29.1 Å². The van der Waals surface area contributed by atoms with Gasteiger partial charge in [-0.3, -0.25) is 9.59 Å². The van der Waals surface area contributed by atoms with Crippen molar-refractivity contribution in [2.75, 3.05) is 18.5 Å². The number of anilines is 1. The van der Waals surface area contributed by atoms with Crippen LogP contribution in [0.1, 0.15) is 22.8 Å². The number of nitrogens with one attached hydrogen (secondary N) is 2. The highest BCUT2D eigenvalue weighted by Gasteiger charge is 2.08. The van der Waals surface area contributed by atoms with Gasteiger partial charge in [0.05, 0.1) is 10.7 Å². The molecule has 0 radical (unpaired) electrons. The molecule has 0 fully saturated rings. The molecule has 0 aliphatic carbocycles. The summed E-state index contributed by atoms with van der Waals surface area (Å²) in [5, 5.41) is 5.89. The van der Waals surface area contributed by atoms with Crippen molar-refractivity contribution in [1.29, 1.82) is 0 Å². The third-order valence-corrected chi connectivity index (χ3v) is 3.54. The smallest absolute Gasteiger partial charge is 0.262 e. The third kappa shape index (κ3) is 4.99. The summed E-state index contributed by atoms with van der Waals surface area (Å²) in [5.74, 6) is 0.0533. The highest BCUT2D eigenvalue weighted by molar-refractivity contribution is 6.33. The minimum Gasteiger partial charge on any atom is -0.484 e. The molecule has 24 heavy (non-hydrogen) atoms. The summed E-state index contributed by atoms with van der Waals surface area (Å²) in [6.07, 6.45) is 0. The fraction of sp³-hybridized carbons (Fsp3) is 0.222. The summed E-state index contributed by atoms with van der Waals surface area (Å²) in [7, 11) is 0. The molecule has 2 amide bonds. The zero-order valence-electron chi connectivity index (χ0n) is 13.6. The number of rotatable bonds is 6. The number of benzene rings is 2. The van der Waals surface area contributed by atoms with Crippen LogP contribution >= 0.6 is 11.6 Å². The minimum absolute atomic E-state index is 0.143. The van der Waals surface area contributed by atoms with Crippen LogP contribution in [-0.2, 0) is 4.79 Å². The van der Waals surface area contributed by atoms with Crippen LogP contribution in [0.5, 0.6) is 5.75 Å². The molecular weight excluding hydrogens is 328 g/mol. The lowest BCUT2D eigenvalue weighted by Gasteiger charge is -2.10. The first-order valence-electron chi connectivity index (χ1n) is 7.56. The van der Waals surface area contributed by atoms with E-state index in [4.69, 9.17) is 16.3 Å². The molecular formula is C18H19ClN2O3. The summed E-state index contributed by atoms with van der Waals surface area (Å²) in [6.45, 7) is 4.20. The molecule has 6 heteroatoms. The molecule has 0 unspecified atom stereocenters. The highest BCUT2D eigenvalue weighted by Crippen LogP contribution is 2.22. The molecule has 126 valence electrons. The van der Waals surface area contributed by atoms with Crippen LogP contribution in [0.25, 0.3) is 0 Å². The number of carbonyl (C=O) groups is 2. The zero-order chi connectivity index (χ0) is 17.5. The Bertz CT molecular complexity index is 730. The quantitative estimate of drug-likeness (QED) is 0.842. The van der Waals surface area contributed by atoms with E-state index in [1.165, 1.54) is 0 Å². The third-order valence-electron chi connectivity index (χ3n) is 3.22. The van der Waals surface area contributed by atoms with E-state index in [0.29, 0.717) is 28.6 Å². The average molecular weight is 347 g/mol. The van der Waals surface area contributed by atoms with Gasteiger partial charge in [-0.1, -0.05) is 17.7 Å². The van der Waals surface area contributed by atoms with Gasteiger partial charge >= 0.3 is 0 Å². The summed E-state index contributed by atoms with van der Waals surface area (Å²) in [6, 6.07) is 12.0. The van der Waals surface area contributed by atoms with Gasteiger partial charge in [0, 0.05) is 12.1 Å². The average Bonchev–Trinajstić information content (AvgIpc) is 2.56. The van der Waals surface area contributed by atoms with Crippen molar-refractivity contribution in [3.63, 3.8) is 0 Å². The highest BCUT2D eigenvalue weighted by atomic mass is 35.5. The molecule has 2 aromatic rings. The van der Waals surface area contributed by atoms with E-state index < -0.39 is 0 Å². The number of carbonyl (C=O) groups excluding carboxylic acids is 2. The predicted molar refractivity (Wildman–Crippen MR) is 94.8 cm³/mol. The monoisotopic (exact) mass is 346 g/mol. The zero-order valence-corrected chi connectivity index (χ0v) is 14.3. The van der Waals surface area contributed by atoms with Gasteiger partial charge in [-0.2, -0.15) is 0 Å². The Morgan fingerprint density at radius 1 is 1.12 bits per heavy atom. The molecule has 0 aliphatic rings. The summed E-state index contributed by atoms with van der Waals surface area (Å²) < 4.78 is 5.41. The van der Waals surface area contributed by atoms with E-state index in [1.54, 1.807) is 36.4 Å². The number of hydrogen-bond donors (Lipinski definition) is 2. The molecule has 0 aromatic heterocycles. The first-order chi connectivity index (χ1) is 11.5. The molecule has 0 aliphatic heterocycles. The van der Waals surface area contributed by atoms with Crippen molar-refractivity contribution in [2.45, 2.75) is 13.8 Å². The molecule has 0 saturated heterocycles. The maximum Gasteiger partial charge on any atom is 0.262 e. The van der Waals surface area contributed by atoms with E-state index in [0.717, 1.165) is 5.56 Å². The summed E-state index contributed by atoms with van der Waals surface area (Å²) >= 11 is 6.07. The number of hydrogen-bond acceptors (Lipinski definition) is 3. The first-order valence-corrected chi connectivity index (χ1v) is 7.94. The van der Waals surface area contributed by atoms with Crippen molar-refractivity contribution in [2.24, 2.45) is 0 Å². The van der Waals surface area contributed by atoms with E-state index in [1.807, 2.05) is 19.9 Å². The van der Waals surface area contributed by atoms with Gasteiger partial charge in [-0.05, 0) is 55.8 Å². The topological polar surface area (TPSA) is 67.4 Å². The Hall–Kier alpha value is -2.53. The summed E-state index contributed by atoms with van der Waals surface area (Å²) in [4.78, 5) is 23.6. The summed E-state index contributed by atoms with van der Waals surface area (Å²) in [5.41, 5.74) is 2.10. The fourth-order valence-corrected chi connectivity index (χ4v) is 2.30. The molecule has 2 N–H and O–H groups in total. The lowest BCUT2D eigenvalue weighted by molar-refractivity contribution is -0.118. The van der Waals surface area contributed by atoms with Gasteiger partial charge in [0.25, 0.3) is 11.8 Å². The van der Waals surface area contributed by atoms with Crippen LogP contribution in [0.3, 0.4) is 0 Å². The largest absolute Gasteiger partial charge is 0.484 e. The van der Waals surface area contributed by atoms with Crippen LogP contribution in [0.15, 0.2) is 42.5 Å². The number of halogens is 1. The van der Waals surface area contributed by atoms with Crippen LogP contribution < -0.4 is 15.4 Å². The molecule has 0 spiro atoms. The van der Waals surface area contributed by atoms with E-state index in [2.05, 4.69) is 10.6 Å². The maximum atomic E-state index is 11.9. The van der Waals surface area contributed by atoms with Crippen LogP contribution in [-0.4, -0.2) is 25.0 Å². The van der Waals surface area contributed by atoms with Gasteiger partial charge in [-0.25, -0.2) is 0 Å². The lowest BCUT2D eigenvalue weighted by atomic mass is 10.2. The van der Waals surface area contributed by atoms with Crippen molar-refractivity contribution in [3.8, 4) is 5.75 Å². The van der Waals surface area contributed by atoms with E-state index in [-0.39, 0.29) is 18.4 Å². The van der Waals surface area contributed by atoms with Gasteiger partial charge in [0.2, 0.25) is 0 Å².